The molecule has 0 bridgehead atoms. The predicted octanol–water partition coefficient (Wildman–Crippen LogP) is 2.90. The highest BCUT2D eigenvalue weighted by molar-refractivity contribution is 6.05. The fourth-order valence-corrected chi connectivity index (χ4v) is 2.28. The molecule has 0 aliphatic carbocycles. The Bertz CT molecular complexity index is 607. The van der Waals surface area contributed by atoms with Crippen molar-refractivity contribution in [3.8, 4) is 5.75 Å². The summed E-state index contributed by atoms with van der Waals surface area (Å²) in [5.41, 5.74) is 2.71. The molecule has 19 heavy (non-hydrogen) atoms. The first-order valence-electron chi connectivity index (χ1n) is 6.34. The number of anilines is 1. The molecule has 0 aromatic heterocycles. The number of carbonyl (C=O) groups is 1. The van der Waals surface area contributed by atoms with Crippen LogP contribution in [0.15, 0.2) is 48.5 Å². The summed E-state index contributed by atoms with van der Waals surface area (Å²) < 4.78 is 5.45. The van der Waals surface area contributed by atoms with Crippen molar-refractivity contribution < 1.29 is 9.53 Å². The Kier molecular flexibility index (Phi) is 2.95. The highest BCUT2D eigenvalue weighted by Crippen LogP contribution is 2.26. The summed E-state index contributed by atoms with van der Waals surface area (Å²) in [4.78, 5) is 14.1. The van der Waals surface area contributed by atoms with Crippen LogP contribution in [0.2, 0.25) is 0 Å². The van der Waals surface area contributed by atoms with E-state index in [4.69, 9.17) is 4.74 Å². The fourth-order valence-electron chi connectivity index (χ4n) is 2.28. The van der Waals surface area contributed by atoms with Crippen molar-refractivity contribution in [2.75, 3.05) is 18.6 Å². The topological polar surface area (TPSA) is 29.5 Å². The number of hydrogen-bond acceptors (Lipinski definition) is 2. The van der Waals surface area contributed by atoms with Crippen LogP contribution in [0, 0.1) is 0 Å². The number of rotatable bonds is 2. The van der Waals surface area contributed by atoms with Gasteiger partial charge in [0.15, 0.2) is 0 Å². The molecular weight excluding hydrogens is 238 g/mol. The number of ether oxygens (including phenoxy) is 1. The third kappa shape index (κ3) is 2.19. The molecule has 1 aliphatic heterocycles. The minimum absolute atomic E-state index is 0.000833. The first kappa shape index (κ1) is 11.8. The molecule has 1 amide bonds. The molecule has 0 unspecified atom stereocenters. The Morgan fingerprint density at radius 1 is 1.16 bits per heavy atom. The lowest BCUT2D eigenvalue weighted by atomic mass is 10.1. The number of amides is 1. The highest BCUT2D eigenvalue weighted by atomic mass is 16.5. The van der Waals surface area contributed by atoms with Gasteiger partial charge in [0, 0.05) is 24.7 Å². The summed E-state index contributed by atoms with van der Waals surface area (Å²) in [5, 5.41) is 0. The summed E-state index contributed by atoms with van der Waals surface area (Å²) in [6.45, 7) is 0.710. The van der Waals surface area contributed by atoms with Crippen LogP contribution >= 0.6 is 0 Å². The van der Waals surface area contributed by atoms with E-state index >= 15 is 0 Å². The minimum Gasteiger partial charge on any atom is -0.493 e. The number of fused-ring (bicyclic) bond motifs is 1. The lowest BCUT2D eigenvalue weighted by Gasteiger charge is -2.17. The standard InChI is InChI=1S/C16H15NO2/c1-17(14-5-3-2-4-6-14)16(18)13-7-8-15-12(11-13)9-10-19-15/h2-8,11H,9-10H2,1H3. The van der Waals surface area contributed by atoms with Crippen LogP contribution in [-0.2, 0) is 6.42 Å². The Balaban J connectivity index is 1.88. The lowest BCUT2D eigenvalue weighted by Crippen LogP contribution is -2.26. The van der Waals surface area contributed by atoms with Gasteiger partial charge in [0.1, 0.15) is 5.75 Å². The average molecular weight is 253 g/mol. The molecule has 0 atom stereocenters. The molecular formula is C16H15NO2. The van der Waals surface area contributed by atoms with Gasteiger partial charge in [-0.05, 0) is 35.9 Å². The molecule has 0 fully saturated rings. The van der Waals surface area contributed by atoms with E-state index < -0.39 is 0 Å². The molecule has 0 radical (unpaired) electrons. The summed E-state index contributed by atoms with van der Waals surface area (Å²) in [6.07, 6.45) is 0.880. The molecule has 3 rings (SSSR count). The minimum atomic E-state index is 0.000833. The van der Waals surface area contributed by atoms with Crippen LogP contribution in [0.1, 0.15) is 15.9 Å². The van der Waals surface area contributed by atoms with Gasteiger partial charge in [-0.25, -0.2) is 0 Å². The van der Waals surface area contributed by atoms with E-state index in [-0.39, 0.29) is 5.91 Å². The zero-order valence-corrected chi connectivity index (χ0v) is 10.8. The van der Waals surface area contributed by atoms with Crippen LogP contribution in [-0.4, -0.2) is 19.6 Å². The van der Waals surface area contributed by atoms with Gasteiger partial charge in [-0.2, -0.15) is 0 Å². The second kappa shape index (κ2) is 4.76. The van der Waals surface area contributed by atoms with Gasteiger partial charge in [0.2, 0.25) is 0 Å². The lowest BCUT2D eigenvalue weighted by molar-refractivity contribution is 0.0993. The number of nitrogens with zero attached hydrogens (tertiary/aromatic N) is 1. The quantitative estimate of drug-likeness (QED) is 0.823. The van der Waals surface area contributed by atoms with Crippen LogP contribution in [0.3, 0.4) is 0 Å². The fraction of sp³-hybridized carbons (Fsp3) is 0.188. The third-order valence-corrected chi connectivity index (χ3v) is 3.38. The molecule has 3 nitrogen and oxygen atoms in total. The van der Waals surface area contributed by atoms with Gasteiger partial charge in [-0.15, -0.1) is 0 Å². The van der Waals surface area contributed by atoms with Gasteiger partial charge in [-0.1, -0.05) is 18.2 Å². The van der Waals surface area contributed by atoms with Gasteiger partial charge < -0.3 is 9.64 Å². The summed E-state index contributed by atoms with van der Waals surface area (Å²) in [6, 6.07) is 15.3. The van der Waals surface area contributed by atoms with Crippen LogP contribution in [0.5, 0.6) is 5.75 Å². The SMILES string of the molecule is CN(C(=O)c1ccc2c(c1)CCO2)c1ccccc1. The van der Waals surface area contributed by atoms with E-state index in [1.54, 1.807) is 11.9 Å². The predicted molar refractivity (Wildman–Crippen MR) is 74.8 cm³/mol. The molecule has 1 aliphatic rings. The average Bonchev–Trinajstić information content (AvgIpc) is 2.94. The number of hydrogen-bond donors (Lipinski definition) is 0. The number of para-hydroxylation sites is 1. The van der Waals surface area contributed by atoms with Crippen molar-refractivity contribution in [1.82, 2.24) is 0 Å². The molecule has 0 saturated heterocycles. The van der Waals surface area contributed by atoms with Crippen LogP contribution < -0.4 is 9.64 Å². The van der Waals surface area contributed by atoms with Crippen LogP contribution in [0.25, 0.3) is 0 Å². The maximum absolute atomic E-state index is 12.4. The van der Waals surface area contributed by atoms with E-state index in [0.717, 1.165) is 23.4 Å². The van der Waals surface area contributed by atoms with Crippen molar-refractivity contribution in [3.63, 3.8) is 0 Å². The van der Waals surface area contributed by atoms with Crippen molar-refractivity contribution >= 4 is 11.6 Å². The third-order valence-electron chi connectivity index (χ3n) is 3.38. The Labute approximate surface area is 112 Å². The monoisotopic (exact) mass is 253 g/mol. The van der Waals surface area contributed by atoms with E-state index in [9.17, 15) is 4.79 Å². The maximum atomic E-state index is 12.4. The zero-order valence-electron chi connectivity index (χ0n) is 10.8. The first-order valence-corrected chi connectivity index (χ1v) is 6.34. The molecule has 3 heteroatoms. The molecule has 0 spiro atoms. The molecule has 0 saturated carbocycles. The van der Waals surface area contributed by atoms with Gasteiger partial charge >= 0.3 is 0 Å². The van der Waals surface area contributed by atoms with E-state index in [0.29, 0.717) is 12.2 Å². The maximum Gasteiger partial charge on any atom is 0.258 e. The first-order chi connectivity index (χ1) is 9.25. The number of benzene rings is 2. The molecule has 2 aromatic rings. The van der Waals surface area contributed by atoms with E-state index in [2.05, 4.69) is 0 Å². The second-order valence-corrected chi connectivity index (χ2v) is 4.62. The largest absolute Gasteiger partial charge is 0.493 e. The summed E-state index contributed by atoms with van der Waals surface area (Å²) >= 11 is 0. The van der Waals surface area contributed by atoms with Crippen molar-refractivity contribution in [2.45, 2.75) is 6.42 Å². The van der Waals surface area contributed by atoms with Gasteiger partial charge in [-0.3, -0.25) is 4.79 Å². The van der Waals surface area contributed by atoms with Crippen LogP contribution in [0.4, 0.5) is 5.69 Å². The van der Waals surface area contributed by atoms with Crippen molar-refractivity contribution in [2.24, 2.45) is 0 Å². The van der Waals surface area contributed by atoms with Gasteiger partial charge in [0.05, 0.1) is 6.61 Å². The van der Waals surface area contributed by atoms with Crippen molar-refractivity contribution in [3.05, 3.63) is 59.7 Å². The van der Waals surface area contributed by atoms with E-state index in [1.807, 2.05) is 48.5 Å². The smallest absolute Gasteiger partial charge is 0.258 e. The highest BCUT2D eigenvalue weighted by Gasteiger charge is 2.17. The summed E-state index contributed by atoms with van der Waals surface area (Å²) in [5.74, 6) is 0.903. The Hall–Kier alpha value is -2.29. The number of carbonyl (C=O) groups excluding carboxylic acids is 1. The second-order valence-electron chi connectivity index (χ2n) is 4.62. The molecule has 1 heterocycles. The molecule has 96 valence electrons. The van der Waals surface area contributed by atoms with Crippen molar-refractivity contribution in [1.29, 1.82) is 0 Å². The zero-order chi connectivity index (χ0) is 13.2. The Morgan fingerprint density at radius 3 is 2.74 bits per heavy atom. The molecule has 2 aromatic carbocycles. The summed E-state index contributed by atoms with van der Waals surface area (Å²) in [7, 11) is 1.79. The Morgan fingerprint density at radius 2 is 1.95 bits per heavy atom. The molecule has 0 N–H and O–H groups in total. The normalized spacial score (nSPS) is 12.7. The van der Waals surface area contributed by atoms with Gasteiger partial charge in [0.25, 0.3) is 5.91 Å². The van der Waals surface area contributed by atoms with E-state index in [1.165, 1.54) is 0 Å².